The Hall–Kier alpha value is -1.14. The van der Waals surface area contributed by atoms with Crippen molar-refractivity contribution in [3.8, 4) is 0 Å². The molecule has 1 aliphatic rings. The van der Waals surface area contributed by atoms with Crippen LogP contribution in [0.5, 0.6) is 0 Å². The zero-order valence-electron chi connectivity index (χ0n) is 10.7. The lowest BCUT2D eigenvalue weighted by molar-refractivity contribution is -0.138. The molecule has 0 radical (unpaired) electrons. The van der Waals surface area contributed by atoms with Crippen LogP contribution < -0.4 is 11.1 Å². The number of aliphatic carboxylic acids is 1. The van der Waals surface area contributed by atoms with Crippen LogP contribution in [0.25, 0.3) is 0 Å². The quantitative estimate of drug-likeness (QED) is 0.586. The Labute approximate surface area is 108 Å². The van der Waals surface area contributed by atoms with E-state index in [-0.39, 0.29) is 18.7 Å². The van der Waals surface area contributed by atoms with Gasteiger partial charge in [0, 0.05) is 19.5 Å². The highest BCUT2D eigenvalue weighted by Gasteiger charge is 2.14. The van der Waals surface area contributed by atoms with Crippen LogP contribution in [0.4, 0.5) is 0 Å². The van der Waals surface area contributed by atoms with Crippen molar-refractivity contribution in [2.45, 2.75) is 38.1 Å². The van der Waals surface area contributed by atoms with Crippen molar-refractivity contribution in [1.29, 1.82) is 0 Å². The van der Waals surface area contributed by atoms with Crippen molar-refractivity contribution in [3.05, 3.63) is 0 Å². The van der Waals surface area contributed by atoms with Crippen LogP contribution in [0.3, 0.4) is 0 Å². The number of carbonyl (C=O) groups excluding carboxylic acids is 1. The van der Waals surface area contributed by atoms with Crippen LogP contribution in [0.1, 0.15) is 32.1 Å². The number of carbonyl (C=O) groups is 2. The fourth-order valence-corrected chi connectivity index (χ4v) is 2.03. The first-order valence-corrected chi connectivity index (χ1v) is 6.57. The molecule has 0 aromatic heterocycles. The van der Waals surface area contributed by atoms with Gasteiger partial charge in [-0.15, -0.1) is 0 Å². The van der Waals surface area contributed by atoms with Crippen molar-refractivity contribution in [3.63, 3.8) is 0 Å². The van der Waals surface area contributed by atoms with Gasteiger partial charge >= 0.3 is 5.97 Å². The number of nitrogens with one attached hydrogen (secondary N) is 1. The van der Waals surface area contributed by atoms with Gasteiger partial charge in [-0.3, -0.25) is 9.59 Å². The van der Waals surface area contributed by atoms with E-state index < -0.39 is 12.0 Å². The lowest BCUT2D eigenvalue weighted by atomic mass is 10.1. The van der Waals surface area contributed by atoms with Gasteiger partial charge in [0.25, 0.3) is 0 Å². The summed E-state index contributed by atoms with van der Waals surface area (Å²) in [6, 6.07) is -0.946. The van der Waals surface area contributed by atoms with Crippen molar-refractivity contribution >= 4 is 11.9 Å². The first kappa shape index (κ1) is 14.9. The zero-order valence-corrected chi connectivity index (χ0v) is 10.7. The van der Waals surface area contributed by atoms with E-state index in [9.17, 15) is 9.59 Å². The first-order chi connectivity index (χ1) is 8.59. The molecule has 4 N–H and O–H groups in total. The summed E-state index contributed by atoms with van der Waals surface area (Å²) in [6.07, 6.45) is 4.14. The van der Waals surface area contributed by atoms with Gasteiger partial charge in [0.05, 0.1) is 0 Å². The molecule has 104 valence electrons. The Bertz CT molecular complexity index is 278. The van der Waals surface area contributed by atoms with E-state index in [1.165, 1.54) is 19.3 Å². The van der Waals surface area contributed by atoms with E-state index in [1.807, 2.05) is 0 Å². The molecular weight excluding hydrogens is 234 g/mol. The molecule has 0 unspecified atom stereocenters. The normalized spacial score (nSPS) is 18.3. The van der Waals surface area contributed by atoms with Crippen molar-refractivity contribution in [2.75, 3.05) is 26.2 Å². The molecule has 0 aromatic carbocycles. The third-order valence-corrected chi connectivity index (χ3v) is 3.20. The summed E-state index contributed by atoms with van der Waals surface area (Å²) in [7, 11) is 0. The van der Waals surface area contributed by atoms with Gasteiger partial charge in [0.15, 0.2) is 0 Å². The molecule has 0 aliphatic carbocycles. The number of likely N-dealkylation sites (tertiary alicyclic amines) is 1. The summed E-state index contributed by atoms with van der Waals surface area (Å²) in [4.78, 5) is 24.2. The number of hydrogen-bond acceptors (Lipinski definition) is 4. The Morgan fingerprint density at radius 1 is 1.28 bits per heavy atom. The molecule has 0 saturated carbocycles. The molecule has 1 saturated heterocycles. The van der Waals surface area contributed by atoms with Gasteiger partial charge in [0.1, 0.15) is 6.04 Å². The monoisotopic (exact) mass is 257 g/mol. The van der Waals surface area contributed by atoms with Crippen LogP contribution in [0.15, 0.2) is 0 Å². The summed E-state index contributed by atoms with van der Waals surface area (Å²) < 4.78 is 0. The van der Waals surface area contributed by atoms with Gasteiger partial charge in [-0.05, 0) is 32.4 Å². The van der Waals surface area contributed by atoms with E-state index in [0.717, 1.165) is 19.6 Å². The standard InChI is InChI=1S/C12H23N3O3/c13-10(12(17)18)4-5-11(16)14-6-9-15-7-2-1-3-8-15/h10H,1-9,13H2,(H,14,16)(H,17,18)/t10-/m0/s1. The maximum absolute atomic E-state index is 11.4. The highest BCUT2D eigenvalue weighted by molar-refractivity contribution is 5.78. The fourth-order valence-electron chi connectivity index (χ4n) is 2.03. The first-order valence-electron chi connectivity index (χ1n) is 6.57. The van der Waals surface area contributed by atoms with Gasteiger partial charge < -0.3 is 21.1 Å². The number of rotatable bonds is 7. The number of carboxylic acid groups (broad SMARTS) is 1. The van der Waals surface area contributed by atoms with Gasteiger partial charge in [-0.2, -0.15) is 0 Å². The smallest absolute Gasteiger partial charge is 0.320 e. The van der Waals surface area contributed by atoms with E-state index >= 15 is 0 Å². The molecule has 1 fully saturated rings. The molecule has 0 spiro atoms. The molecular formula is C12H23N3O3. The number of nitrogens with two attached hydrogens (primary N) is 1. The molecule has 0 bridgehead atoms. The summed E-state index contributed by atoms with van der Waals surface area (Å²) in [5, 5.41) is 11.4. The number of piperidine rings is 1. The Morgan fingerprint density at radius 2 is 1.94 bits per heavy atom. The van der Waals surface area contributed by atoms with E-state index in [1.54, 1.807) is 0 Å². The van der Waals surface area contributed by atoms with Crippen LogP contribution in [-0.2, 0) is 9.59 Å². The summed E-state index contributed by atoms with van der Waals surface area (Å²) in [5.74, 6) is -1.18. The number of carboxylic acids is 1. The maximum atomic E-state index is 11.4. The predicted molar refractivity (Wildman–Crippen MR) is 68.1 cm³/mol. The van der Waals surface area contributed by atoms with E-state index in [2.05, 4.69) is 10.2 Å². The van der Waals surface area contributed by atoms with Crippen molar-refractivity contribution < 1.29 is 14.7 Å². The minimum Gasteiger partial charge on any atom is -0.480 e. The number of nitrogens with zero attached hydrogens (tertiary/aromatic N) is 1. The SMILES string of the molecule is N[C@@H](CCC(=O)NCCN1CCCCC1)C(=O)O. The lowest BCUT2D eigenvalue weighted by Crippen LogP contribution is -2.38. The van der Waals surface area contributed by atoms with Crippen LogP contribution in [-0.4, -0.2) is 54.1 Å². The molecule has 1 aliphatic heterocycles. The second-order valence-corrected chi connectivity index (χ2v) is 4.74. The second kappa shape index (κ2) is 8.05. The van der Waals surface area contributed by atoms with E-state index in [4.69, 9.17) is 10.8 Å². The van der Waals surface area contributed by atoms with Gasteiger partial charge in [0.2, 0.25) is 5.91 Å². The molecule has 1 atom stereocenters. The van der Waals surface area contributed by atoms with Crippen LogP contribution in [0, 0.1) is 0 Å². The Kier molecular flexibility index (Phi) is 6.67. The highest BCUT2D eigenvalue weighted by Crippen LogP contribution is 2.07. The molecule has 1 amide bonds. The average molecular weight is 257 g/mol. The van der Waals surface area contributed by atoms with Gasteiger partial charge in [-0.1, -0.05) is 6.42 Å². The molecule has 6 heteroatoms. The average Bonchev–Trinajstić information content (AvgIpc) is 2.37. The molecule has 1 rings (SSSR count). The molecule has 1 heterocycles. The third-order valence-electron chi connectivity index (χ3n) is 3.20. The summed E-state index contributed by atoms with van der Waals surface area (Å²) in [5.41, 5.74) is 5.32. The fraction of sp³-hybridized carbons (Fsp3) is 0.833. The van der Waals surface area contributed by atoms with E-state index in [0.29, 0.717) is 6.54 Å². The minimum absolute atomic E-state index is 0.122. The highest BCUT2D eigenvalue weighted by atomic mass is 16.4. The number of amides is 1. The van der Waals surface area contributed by atoms with Crippen molar-refractivity contribution in [2.24, 2.45) is 5.73 Å². The second-order valence-electron chi connectivity index (χ2n) is 4.74. The maximum Gasteiger partial charge on any atom is 0.320 e. The zero-order chi connectivity index (χ0) is 13.4. The molecule has 18 heavy (non-hydrogen) atoms. The van der Waals surface area contributed by atoms with Gasteiger partial charge in [-0.25, -0.2) is 0 Å². The summed E-state index contributed by atoms with van der Waals surface area (Å²) >= 11 is 0. The molecule has 0 aromatic rings. The van der Waals surface area contributed by atoms with Crippen LogP contribution in [0.2, 0.25) is 0 Å². The number of hydrogen-bond donors (Lipinski definition) is 3. The minimum atomic E-state index is -1.06. The Balaban J connectivity index is 2.04. The molecule has 6 nitrogen and oxygen atoms in total. The topological polar surface area (TPSA) is 95.7 Å². The van der Waals surface area contributed by atoms with Crippen molar-refractivity contribution in [1.82, 2.24) is 10.2 Å². The summed E-state index contributed by atoms with van der Waals surface area (Å²) in [6.45, 7) is 3.72. The third kappa shape index (κ3) is 5.97. The largest absolute Gasteiger partial charge is 0.480 e. The Morgan fingerprint density at radius 3 is 2.56 bits per heavy atom. The lowest BCUT2D eigenvalue weighted by Gasteiger charge is -2.26. The van der Waals surface area contributed by atoms with Crippen LogP contribution >= 0.6 is 0 Å². The predicted octanol–water partition coefficient (Wildman–Crippen LogP) is -0.219.